The highest BCUT2D eigenvalue weighted by Crippen LogP contribution is 2.61. The molecule has 6 rings (SSSR count). The van der Waals surface area contributed by atoms with Crippen LogP contribution in [0.15, 0.2) is 78.9 Å². The molecule has 3 amide bonds. The summed E-state index contributed by atoms with van der Waals surface area (Å²) in [4.78, 5) is 53.1. The minimum Gasteiger partial charge on any atom is -0.452 e. The summed E-state index contributed by atoms with van der Waals surface area (Å²) >= 11 is 0. The van der Waals surface area contributed by atoms with Gasteiger partial charge in [-0.05, 0) is 66.5 Å². The molecule has 1 saturated heterocycles. The van der Waals surface area contributed by atoms with Crippen molar-refractivity contribution in [1.82, 2.24) is 0 Å². The number of carbonyl (C=O) groups is 4. The smallest absolute Gasteiger partial charge is 0.418 e. The number of esters is 1. The second-order valence-electron chi connectivity index (χ2n) is 10.7. The van der Waals surface area contributed by atoms with Crippen molar-refractivity contribution in [2.24, 2.45) is 23.7 Å². The SMILES string of the molecule is O=C(COC(=O)c1cccc(N2C(=O)[C@@H]3[C@@H]4C[C@@H]([C@@H]3C2=O)[C@@H](c2ccccc2)C4)c1)Nc1ccccc1C(F)(F)F. The van der Waals surface area contributed by atoms with Gasteiger partial charge in [0, 0.05) is 0 Å². The molecule has 0 aromatic heterocycles. The van der Waals surface area contributed by atoms with E-state index in [0.717, 1.165) is 29.9 Å². The number of anilines is 2. The van der Waals surface area contributed by atoms with Gasteiger partial charge in [0.05, 0.1) is 34.3 Å². The lowest BCUT2D eigenvalue weighted by Crippen LogP contribution is -2.33. The van der Waals surface area contributed by atoms with E-state index in [1.54, 1.807) is 6.07 Å². The van der Waals surface area contributed by atoms with Crippen molar-refractivity contribution >= 4 is 35.1 Å². The van der Waals surface area contributed by atoms with E-state index in [4.69, 9.17) is 4.74 Å². The fraction of sp³-hybridized carbons (Fsp3) is 0.290. The number of carbonyl (C=O) groups excluding carboxylic acids is 4. The van der Waals surface area contributed by atoms with E-state index in [2.05, 4.69) is 17.4 Å². The Labute approximate surface area is 233 Å². The van der Waals surface area contributed by atoms with Crippen molar-refractivity contribution in [3.05, 3.63) is 95.6 Å². The fourth-order valence-corrected chi connectivity index (χ4v) is 6.81. The number of alkyl halides is 3. The van der Waals surface area contributed by atoms with Gasteiger partial charge >= 0.3 is 12.1 Å². The predicted molar refractivity (Wildman–Crippen MR) is 142 cm³/mol. The maximum absolute atomic E-state index is 13.6. The Morgan fingerprint density at radius 2 is 1.59 bits per heavy atom. The zero-order valence-corrected chi connectivity index (χ0v) is 21.6. The lowest BCUT2D eigenvalue weighted by molar-refractivity contribution is -0.137. The topological polar surface area (TPSA) is 92.8 Å². The van der Waals surface area contributed by atoms with E-state index in [0.29, 0.717) is 0 Å². The van der Waals surface area contributed by atoms with E-state index < -0.39 is 41.8 Å². The first-order valence-corrected chi connectivity index (χ1v) is 13.3. The molecule has 210 valence electrons. The first-order chi connectivity index (χ1) is 19.6. The van der Waals surface area contributed by atoms with Gasteiger partial charge in [-0.15, -0.1) is 0 Å². The zero-order valence-electron chi connectivity index (χ0n) is 21.6. The molecule has 3 aliphatic rings. The van der Waals surface area contributed by atoms with Crippen molar-refractivity contribution < 1.29 is 37.1 Å². The highest BCUT2D eigenvalue weighted by molar-refractivity contribution is 6.23. The monoisotopic (exact) mass is 562 g/mol. The molecule has 10 heteroatoms. The molecular weight excluding hydrogens is 537 g/mol. The second kappa shape index (κ2) is 10.2. The number of rotatable bonds is 6. The number of nitrogens with one attached hydrogen (secondary N) is 1. The highest BCUT2D eigenvalue weighted by atomic mass is 19.4. The quantitative estimate of drug-likeness (QED) is 0.320. The first-order valence-electron chi connectivity index (χ1n) is 13.3. The molecule has 1 heterocycles. The van der Waals surface area contributed by atoms with Crippen LogP contribution in [0.2, 0.25) is 0 Å². The van der Waals surface area contributed by atoms with Crippen LogP contribution >= 0.6 is 0 Å². The van der Waals surface area contributed by atoms with Gasteiger partial charge in [-0.1, -0.05) is 48.5 Å². The summed E-state index contributed by atoms with van der Waals surface area (Å²) in [5, 5.41) is 2.11. The molecule has 0 spiro atoms. The predicted octanol–water partition coefficient (Wildman–Crippen LogP) is 5.43. The third-order valence-electron chi connectivity index (χ3n) is 8.42. The van der Waals surface area contributed by atoms with Gasteiger partial charge in [-0.25, -0.2) is 4.79 Å². The average Bonchev–Trinajstić information content (AvgIpc) is 3.63. The number of amides is 3. The third kappa shape index (κ3) is 4.77. The molecule has 5 atom stereocenters. The standard InChI is InChI=1S/C31H25F3N2O5/c32-31(33,34)23-11-4-5-12-24(23)35-25(37)16-41-30(40)18-9-6-10-20(13-18)36-28(38)26-19-14-21(17-7-2-1-3-8-17)22(15-19)27(26)29(36)39/h1-13,19,21-22,26-27H,14-16H2,(H,35,37)/t19-,21+,22+,26+,27-/m0/s1. The lowest BCUT2D eigenvalue weighted by Gasteiger charge is -2.28. The van der Waals surface area contributed by atoms with Crippen LogP contribution < -0.4 is 10.2 Å². The van der Waals surface area contributed by atoms with Gasteiger partial charge in [-0.2, -0.15) is 13.2 Å². The summed E-state index contributed by atoms with van der Waals surface area (Å²) < 4.78 is 44.6. The van der Waals surface area contributed by atoms with Crippen molar-refractivity contribution in [1.29, 1.82) is 0 Å². The van der Waals surface area contributed by atoms with Gasteiger partial charge in [0.25, 0.3) is 5.91 Å². The third-order valence-corrected chi connectivity index (χ3v) is 8.42. The van der Waals surface area contributed by atoms with Crippen LogP contribution in [0.4, 0.5) is 24.5 Å². The van der Waals surface area contributed by atoms with E-state index in [1.165, 1.54) is 35.9 Å². The minimum absolute atomic E-state index is 0.00575. The number of fused-ring (bicyclic) bond motifs is 5. The van der Waals surface area contributed by atoms with Gasteiger partial charge in [0.15, 0.2) is 6.61 Å². The summed E-state index contributed by atoms with van der Waals surface area (Å²) in [5.41, 5.74) is -0.0755. The Morgan fingerprint density at radius 1 is 0.878 bits per heavy atom. The molecule has 2 bridgehead atoms. The summed E-state index contributed by atoms with van der Waals surface area (Å²) in [6, 6.07) is 20.3. The largest absolute Gasteiger partial charge is 0.452 e. The Balaban J connectivity index is 1.13. The molecule has 3 aromatic carbocycles. The molecule has 3 aromatic rings. The molecule has 3 fully saturated rings. The number of halogens is 3. The Morgan fingerprint density at radius 3 is 2.34 bits per heavy atom. The van der Waals surface area contributed by atoms with Crippen molar-refractivity contribution in [2.75, 3.05) is 16.8 Å². The van der Waals surface area contributed by atoms with Gasteiger partial charge < -0.3 is 10.1 Å². The molecule has 0 radical (unpaired) electrons. The van der Waals surface area contributed by atoms with Gasteiger partial charge in [-0.3, -0.25) is 19.3 Å². The number of para-hydroxylation sites is 1. The van der Waals surface area contributed by atoms with Crippen LogP contribution in [-0.2, 0) is 25.3 Å². The van der Waals surface area contributed by atoms with Crippen LogP contribution in [0.5, 0.6) is 0 Å². The van der Waals surface area contributed by atoms with E-state index in [1.807, 2.05) is 18.2 Å². The van der Waals surface area contributed by atoms with Crippen LogP contribution in [0.3, 0.4) is 0 Å². The van der Waals surface area contributed by atoms with Crippen molar-refractivity contribution in [2.45, 2.75) is 24.9 Å². The van der Waals surface area contributed by atoms with Crippen LogP contribution in [0, 0.1) is 23.7 Å². The van der Waals surface area contributed by atoms with Crippen molar-refractivity contribution in [3.8, 4) is 0 Å². The number of hydrogen-bond donors (Lipinski definition) is 1. The van der Waals surface area contributed by atoms with E-state index >= 15 is 0 Å². The molecule has 1 N–H and O–H groups in total. The maximum Gasteiger partial charge on any atom is 0.418 e. The number of nitrogens with zero attached hydrogens (tertiary/aromatic N) is 1. The summed E-state index contributed by atoms with van der Waals surface area (Å²) in [5.74, 6) is -2.81. The maximum atomic E-state index is 13.6. The Bertz CT molecular complexity index is 1540. The molecule has 2 saturated carbocycles. The average molecular weight is 563 g/mol. The molecule has 1 aliphatic heterocycles. The summed E-state index contributed by atoms with van der Waals surface area (Å²) in [6.45, 7) is -0.828. The zero-order chi connectivity index (χ0) is 28.9. The molecule has 0 unspecified atom stereocenters. The van der Waals surface area contributed by atoms with Crippen LogP contribution in [0.25, 0.3) is 0 Å². The van der Waals surface area contributed by atoms with E-state index in [-0.39, 0.29) is 46.7 Å². The van der Waals surface area contributed by atoms with Crippen LogP contribution in [-0.4, -0.2) is 30.3 Å². The normalized spacial score (nSPS) is 24.9. The number of ether oxygens (including phenoxy) is 1. The summed E-state index contributed by atoms with van der Waals surface area (Å²) in [7, 11) is 0. The Kier molecular flexibility index (Phi) is 6.63. The Hall–Kier alpha value is -4.47. The van der Waals surface area contributed by atoms with Crippen molar-refractivity contribution in [3.63, 3.8) is 0 Å². The van der Waals surface area contributed by atoms with Crippen LogP contribution in [0.1, 0.15) is 40.2 Å². The fourth-order valence-electron chi connectivity index (χ4n) is 6.81. The number of hydrogen-bond acceptors (Lipinski definition) is 5. The molecule has 2 aliphatic carbocycles. The van der Waals surface area contributed by atoms with Gasteiger partial charge in [0.2, 0.25) is 11.8 Å². The first kappa shape index (κ1) is 26.7. The van der Waals surface area contributed by atoms with Gasteiger partial charge in [0.1, 0.15) is 0 Å². The molecule has 41 heavy (non-hydrogen) atoms. The summed E-state index contributed by atoms with van der Waals surface area (Å²) in [6.07, 6.45) is -2.99. The highest BCUT2D eigenvalue weighted by Gasteiger charge is 2.64. The van der Waals surface area contributed by atoms with E-state index in [9.17, 15) is 32.3 Å². The minimum atomic E-state index is -4.67. The lowest BCUT2D eigenvalue weighted by atomic mass is 9.73. The molecular formula is C31H25F3N2O5. The second-order valence-corrected chi connectivity index (χ2v) is 10.7. The molecule has 7 nitrogen and oxygen atoms in total. The number of benzene rings is 3. The number of imide groups is 1.